The van der Waals surface area contributed by atoms with E-state index in [-0.39, 0.29) is 22.6 Å². The molecule has 0 radical (unpaired) electrons. The van der Waals surface area contributed by atoms with Crippen molar-refractivity contribution < 1.29 is 14.5 Å². The third kappa shape index (κ3) is 4.94. The Morgan fingerprint density at radius 3 is 2.81 bits per heavy atom. The van der Waals surface area contributed by atoms with Gasteiger partial charge in [-0.1, -0.05) is 24.3 Å². The number of allylic oxidation sites excluding steroid dienone is 1. The van der Waals surface area contributed by atoms with Gasteiger partial charge in [0.2, 0.25) is 5.70 Å². The van der Waals surface area contributed by atoms with Crippen molar-refractivity contribution in [3.8, 4) is 0 Å². The maximum absolute atomic E-state index is 11.9. The summed E-state index contributed by atoms with van der Waals surface area (Å²) in [7, 11) is 0. The van der Waals surface area contributed by atoms with Gasteiger partial charge in [-0.3, -0.25) is 10.1 Å². The number of hydrogen-bond donors (Lipinski definition) is 1. The van der Waals surface area contributed by atoms with Gasteiger partial charge in [-0.15, -0.1) is 0 Å². The second-order valence-corrected chi connectivity index (χ2v) is 6.65. The van der Waals surface area contributed by atoms with Gasteiger partial charge < -0.3 is 10.1 Å². The molecule has 1 heterocycles. The topological polar surface area (TPSA) is 81.5 Å². The minimum absolute atomic E-state index is 0.123. The highest BCUT2D eigenvalue weighted by molar-refractivity contribution is 5.89. The van der Waals surface area contributed by atoms with Crippen LogP contribution < -0.4 is 5.32 Å². The second kappa shape index (κ2) is 8.49. The van der Waals surface area contributed by atoms with Crippen molar-refractivity contribution >= 4 is 17.7 Å². The third-order valence-electron chi connectivity index (χ3n) is 4.56. The monoisotopic (exact) mass is 366 g/mol. The van der Waals surface area contributed by atoms with E-state index in [1.807, 2.05) is 36.4 Å². The Kier molecular flexibility index (Phi) is 5.86. The van der Waals surface area contributed by atoms with Crippen LogP contribution in [-0.2, 0) is 11.2 Å². The number of carbonyl (C=O) groups excluding carboxylic acids is 1. The van der Waals surface area contributed by atoms with E-state index in [0.29, 0.717) is 12.2 Å². The zero-order valence-corrected chi connectivity index (χ0v) is 15.2. The molecule has 27 heavy (non-hydrogen) atoms. The van der Waals surface area contributed by atoms with E-state index in [1.165, 1.54) is 6.92 Å². The van der Waals surface area contributed by atoms with Crippen LogP contribution >= 0.6 is 0 Å². The van der Waals surface area contributed by atoms with Gasteiger partial charge in [-0.25, -0.2) is 4.79 Å². The second-order valence-electron chi connectivity index (χ2n) is 6.65. The van der Waals surface area contributed by atoms with E-state index in [2.05, 4.69) is 5.32 Å². The molecular formula is C21H22N2O4. The minimum Gasteiger partial charge on any atom is -0.462 e. The van der Waals surface area contributed by atoms with Crippen LogP contribution in [0.4, 0.5) is 5.69 Å². The molecule has 1 aliphatic heterocycles. The van der Waals surface area contributed by atoms with E-state index >= 15 is 0 Å². The van der Waals surface area contributed by atoms with Gasteiger partial charge in [0.05, 0.1) is 17.1 Å². The molecule has 0 aliphatic carbocycles. The summed E-state index contributed by atoms with van der Waals surface area (Å²) >= 11 is 0. The quantitative estimate of drug-likeness (QED) is 0.342. The number of carbonyl (C=O) groups is 1. The average molecular weight is 366 g/mol. The molecule has 3 rings (SSSR count). The Morgan fingerprint density at radius 1 is 1.30 bits per heavy atom. The summed E-state index contributed by atoms with van der Waals surface area (Å²) in [6.45, 7) is 1.88. The van der Waals surface area contributed by atoms with Crippen LogP contribution in [-0.4, -0.2) is 23.5 Å². The molecule has 6 nitrogen and oxygen atoms in total. The van der Waals surface area contributed by atoms with E-state index in [0.717, 1.165) is 36.1 Å². The number of nitrogens with one attached hydrogen (secondary N) is 1. The summed E-state index contributed by atoms with van der Waals surface area (Å²) in [5.41, 5.74) is 3.75. The fourth-order valence-electron chi connectivity index (χ4n) is 3.17. The zero-order chi connectivity index (χ0) is 19.2. The predicted molar refractivity (Wildman–Crippen MR) is 104 cm³/mol. The molecule has 0 fully saturated rings. The van der Waals surface area contributed by atoms with Crippen LogP contribution in [0, 0.1) is 10.1 Å². The molecule has 6 heteroatoms. The molecule has 0 amide bonds. The van der Waals surface area contributed by atoms with Crippen LogP contribution in [0.15, 0.2) is 54.2 Å². The zero-order valence-electron chi connectivity index (χ0n) is 15.2. The van der Waals surface area contributed by atoms with Crippen LogP contribution in [0.2, 0.25) is 0 Å². The fraction of sp³-hybridized carbons (Fsp3) is 0.286. The van der Waals surface area contributed by atoms with Crippen LogP contribution in [0.5, 0.6) is 0 Å². The normalized spacial score (nSPS) is 15.7. The van der Waals surface area contributed by atoms with Gasteiger partial charge in [-0.05, 0) is 54.7 Å². The van der Waals surface area contributed by atoms with E-state index in [4.69, 9.17) is 4.74 Å². The highest BCUT2D eigenvalue weighted by Crippen LogP contribution is 2.29. The molecule has 0 saturated heterocycles. The lowest BCUT2D eigenvalue weighted by atomic mass is 10.0. The summed E-state index contributed by atoms with van der Waals surface area (Å²) < 4.78 is 5.31. The number of nitro groups is 1. The van der Waals surface area contributed by atoms with Crippen LogP contribution in [0.25, 0.3) is 6.08 Å². The first-order valence-corrected chi connectivity index (χ1v) is 8.97. The molecule has 1 N–H and O–H groups in total. The van der Waals surface area contributed by atoms with Gasteiger partial charge in [0.25, 0.3) is 0 Å². The van der Waals surface area contributed by atoms with Crippen molar-refractivity contribution in [3.05, 3.63) is 81.0 Å². The number of benzene rings is 2. The minimum atomic E-state index is -0.384. The van der Waals surface area contributed by atoms with Crippen molar-refractivity contribution in [3.63, 3.8) is 0 Å². The Hall–Kier alpha value is -3.15. The molecule has 140 valence electrons. The molecule has 1 unspecified atom stereocenters. The molecule has 0 aromatic heterocycles. The molecule has 0 saturated carbocycles. The Balaban J connectivity index is 1.47. The van der Waals surface area contributed by atoms with Crippen molar-refractivity contribution in [1.82, 2.24) is 0 Å². The standard InChI is InChI=1S/C21H22N2O4/c1-15(23(25)26)12-16-9-10-20-18(13-16)14-19(22-20)8-5-11-27-21(24)17-6-3-2-4-7-17/h2-4,6-7,9-10,12-13,19,22H,5,8,11,14H2,1H3. The highest BCUT2D eigenvalue weighted by Gasteiger charge is 2.20. The van der Waals surface area contributed by atoms with Gasteiger partial charge >= 0.3 is 5.97 Å². The Bertz CT molecular complexity index is 862. The Morgan fingerprint density at radius 2 is 2.07 bits per heavy atom. The lowest BCUT2D eigenvalue weighted by molar-refractivity contribution is -0.422. The summed E-state index contributed by atoms with van der Waals surface area (Å²) in [6.07, 6.45) is 4.10. The largest absolute Gasteiger partial charge is 0.462 e. The SMILES string of the molecule is CC(=Cc1ccc2c(c1)CC(CCCOC(=O)c1ccccc1)N2)[N+](=O)[O-]. The maximum Gasteiger partial charge on any atom is 0.338 e. The number of fused-ring (bicyclic) bond motifs is 1. The van der Waals surface area contributed by atoms with Crippen LogP contribution in [0.3, 0.4) is 0 Å². The first kappa shape index (κ1) is 18.6. The van der Waals surface area contributed by atoms with Gasteiger partial charge in [0.1, 0.15) is 0 Å². The highest BCUT2D eigenvalue weighted by atomic mass is 16.6. The summed E-state index contributed by atoms with van der Waals surface area (Å²) in [6, 6.07) is 15.1. The molecule has 0 bridgehead atoms. The summed E-state index contributed by atoms with van der Waals surface area (Å²) in [4.78, 5) is 22.3. The molecule has 1 aliphatic rings. The molecule has 2 aromatic rings. The van der Waals surface area contributed by atoms with E-state index in [1.54, 1.807) is 18.2 Å². The van der Waals surface area contributed by atoms with Crippen molar-refractivity contribution in [2.45, 2.75) is 32.2 Å². The number of ether oxygens (including phenoxy) is 1. The fourth-order valence-corrected chi connectivity index (χ4v) is 3.17. The third-order valence-corrected chi connectivity index (χ3v) is 4.56. The number of anilines is 1. The van der Waals surface area contributed by atoms with Crippen molar-refractivity contribution in [2.24, 2.45) is 0 Å². The number of nitrogens with zero attached hydrogens (tertiary/aromatic N) is 1. The van der Waals surface area contributed by atoms with Gasteiger partial charge in [0, 0.05) is 24.7 Å². The van der Waals surface area contributed by atoms with Crippen LogP contribution in [0.1, 0.15) is 41.3 Å². The lowest BCUT2D eigenvalue weighted by Gasteiger charge is -2.11. The van der Waals surface area contributed by atoms with E-state index < -0.39 is 0 Å². The maximum atomic E-state index is 11.9. The predicted octanol–water partition coefficient (Wildman–Crippen LogP) is 4.30. The molecule has 1 atom stereocenters. The summed E-state index contributed by atoms with van der Waals surface area (Å²) in [5.74, 6) is -0.296. The first-order valence-electron chi connectivity index (χ1n) is 8.97. The molecule has 0 spiro atoms. The van der Waals surface area contributed by atoms with E-state index in [9.17, 15) is 14.9 Å². The lowest BCUT2D eigenvalue weighted by Crippen LogP contribution is -2.16. The average Bonchev–Trinajstić information content (AvgIpc) is 3.07. The summed E-state index contributed by atoms with van der Waals surface area (Å²) in [5, 5.41) is 14.2. The van der Waals surface area contributed by atoms with Gasteiger partial charge in [-0.2, -0.15) is 0 Å². The molecule has 2 aromatic carbocycles. The Labute approximate surface area is 158 Å². The number of hydrogen-bond acceptors (Lipinski definition) is 5. The van der Waals surface area contributed by atoms with Crippen molar-refractivity contribution in [2.75, 3.05) is 11.9 Å². The van der Waals surface area contributed by atoms with Gasteiger partial charge in [0.15, 0.2) is 0 Å². The van der Waals surface area contributed by atoms with Crippen molar-refractivity contribution in [1.29, 1.82) is 0 Å². The smallest absolute Gasteiger partial charge is 0.338 e. The first-order chi connectivity index (χ1) is 13.0. The number of rotatable bonds is 7. The molecular weight excluding hydrogens is 344 g/mol. The number of esters is 1.